The summed E-state index contributed by atoms with van der Waals surface area (Å²) in [6.45, 7) is 3.37. The number of benzene rings is 1. The Morgan fingerprint density at radius 2 is 2.03 bits per heavy atom. The van der Waals surface area contributed by atoms with E-state index < -0.39 is 0 Å². The first-order chi connectivity index (χ1) is 14.7. The van der Waals surface area contributed by atoms with E-state index in [0.29, 0.717) is 29.7 Å². The average molecular weight is 425 g/mol. The van der Waals surface area contributed by atoms with Crippen molar-refractivity contribution in [3.63, 3.8) is 0 Å². The molecule has 5 nitrogen and oxygen atoms in total. The van der Waals surface area contributed by atoms with Crippen LogP contribution in [0.3, 0.4) is 0 Å². The molecule has 1 aliphatic rings. The summed E-state index contributed by atoms with van der Waals surface area (Å²) < 4.78 is 2.29. The Bertz CT molecular complexity index is 1010. The van der Waals surface area contributed by atoms with E-state index in [4.69, 9.17) is 16.6 Å². The fourth-order valence-corrected chi connectivity index (χ4v) is 4.60. The number of hydrogen-bond donors (Lipinski definition) is 0. The first-order valence-corrected chi connectivity index (χ1v) is 11.4. The third-order valence-corrected chi connectivity index (χ3v) is 6.17. The van der Waals surface area contributed by atoms with Crippen molar-refractivity contribution in [2.24, 2.45) is 0 Å². The van der Waals surface area contributed by atoms with Gasteiger partial charge in [-0.25, -0.2) is 9.97 Å². The van der Waals surface area contributed by atoms with Crippen molar-refractivity contribution < 1.29 is 4.79 Å². The zero-order chi connectivity index (χ0) is 20.9. The predicted octanol–water partition coefficient (Wildman–Crippen LogP) is 6.03. The highest BCUT2D eigenvalue weighted by Gasteiger charge is 2.26. The maximum absolute atomic E-state index is 13.4. The monoisotopic (exact) mass is 424 g/mol. The molecule has 0 saturated heterocycles. The standard InChI is InChI=1S/C24H29ClN4O/c1-2-3-6-15-28(24(30)18-9-7-10-19(25)16-18)17-22-27-21-13-8-14-26-23(21)29(22)20-11-4-5-12-20/h7-10,13-14,16,20H,2-6,11-12,15,17H2,1H3. The van der Waals surface area contributed by atoms with Crippen LogP contribution in [-0.4, -0.2) is 31.9 Å². The van der Waals surface area contributed by atoms with Crippen molar-refractivity contribution in [1.82, 2.24) is 19.4 Å². The largest absolute Gasteiger partial charge is 0.331 e. The molecule has 2 heterocycles. The smallest absolute Gasteiger partial charge is 0.254 e. The van der Waals surface area contributed by atoms with Gasteiger partial charge in [0.25, 0.3) is 5.91 Å². The van der Waals surface area contributed by atoms with Gasteiger partial charge in [-0.3, -0.25) is 4.79 Å². The quantitative estimate of drug-likeness (QED) is 0.414. The molecule has 1 fully saturated rings. The van der Waals surface area contributed by atoms with Gasteiger partial charge in [-0.05, 0) is 49.6 Å². The van der Waals surface area contributed by atoms with Gasteiger partial charge in [0.15, 0.2) is 5.65 Å². The van der Waals surface area contributed by atoms with E-state index in [0.717, 1.165) is 49.1 Å². The maximum Gasteiger partial charge on any atom is 0.254 e. The van der Waals surface area contributed by atoms with Crippen molar-refractivity contribution in [1.29, 1.82) is 0 Å². The van der Waals surface area contributed by atoms with E-state index in [2.05, 4.69) is 16.5 Å². The van der Waals surface area contributed by atoms with Crippen LogP contribution in [0.1, 0.15) is 74.1 Å². The summed E-state index contributed by atoms with van der Waals surface area (Å²) in [5, 5.41) is 0.580. The number of carbonyl (C=O) groups excluding carboxylic acids is 1. The van der Waals surface area contributed by atoms with Crippen molar-refractivity contribution in [2.45, 2.75) is 64.5 Å². The summed E-state index contributed by atoms with van der Waals surface area (Å²) in [7, 11) is 0. The SMILES string of the molecule is CCCCCN(Cc1nc2cccnc2n1C1CCCC1)C(=O)c1cccc(Cl)c1. The number of halogens is 1. The fraction of sp³-hybridized carbons (Fsp3) is 0.458. The Kier molecular flexibility index (Phi) is 6.68. The molecule has 0 bridgehead atoms. The van der Waals surface area contributed by atoms with Gasteiger partial charge in [0.05, 0.1) is 6.54 Å². The van der Waals surface area contributed by atoms with Crippen molar-refractivity contribution in [3.8, 4) is 0 Å². The lowest BCUT2D eigenvalue weighted by Crippen LogP contribution is -2.33. The van der Waals surface area contributed by atoms with E-state index in [-0.39, 0.29) is 5.91 Å². The molecule has 158 valence electrons. The van der Waals surface area contributed by atoms with Crippen LogP contribution in [0.5, 0.6) is 0 Å². The number of hydrogen-bond acceptors (Lipinski definition) is 3. The van der Waals surface area contributed by atoms with Gasteiger partial charge in [0.2, 0.25) is 0 Å². The minimum Gasteiger partial charge on any atom is -0.331 e. The molecule has 30 heavy (non-hydrogen) atoms. The van der Waals surface area contributed by atoms with Gasteiger partial charge in [-0.1, -0.05) is 50.3 Å². The fourth-order valence-electron chi connectivity index (χ4n) is 4.41. The molecule has 1 aromatic carbocycles. The van der Waals surface area contributed by atoms with Crippen molar-refractivity contribution in [2.75, 3.05) is 6.54 Å². The first kappa shape index (κ1) is 20.9. The summed E-state index contributed by atoms with van der Waals surface area (Å²) in [6.07, 6.45) is 9.78. The Morgan fingerprint density at radius 3 is 2.80 bits per heavy atom. The predicted molar refractivity (Wildman–Crippen MR) is 121 cm³/mol. The lowest BCUT2D eigenvalue weighted by atomic mass is 10.1. The second kappa shape index (κ2) is 9.61. The lowest BCUT2D eigenvalue weighted by Gasteiger charge is -2.24. The number of fused-ring (bicyclic) bond motifs is 1. The molecule has 0 atom stereocenters. The highest BCUT2D eigenvalue weighted by atomic mass is 35.5. The number of nitrogens with zero attached hydrogens (tertiary/aromatic N) is 4. The molecular weight excluding hydrogens is 396 g/mol. The van der Waals surface area contributed by atoms with Crippen LogP contribution in [-0.2, 0) is 6.54 Å². The van der Waals surface area contributed by atoms with Crippen molar-refractivity contribution in [3.05, 3.63) is 59.0 Å². The minimum absolute atomic E-state index is 0.00610. The maximum atomic E-state index is 13.4. The Balaban J connectivity index is 1.67. The number of unbranched alkanes of at least 4 members (excludes halogenated alkanes) is 2. The molecule has 0 aliphatic heterocycles. The van der Waals surface area contributed by atoms with Crippen LogP contribution in [0.15, 0.2) is 42.6 Å². The summed E-state index contributed by atoms with van der Waals surface area (Å²) in [4.78, 5) is 24.8. The molecule has 4 rings (SSSR count). The molecule has 1 saturated carbocycles. The molecule has 0 N–H and O–H groups in total. The number of carbonyl (C=O) groups is 1. The Labute approximate surface area is 183 Å². The normalized spacial score (nSPS) is 14.5. The third kappa shape index (κ3) is 4.51. The lowest BCUT2D eigenvalue weighted by molar-refractivity contribution is 0.0733. The second-order valence-electron chi connectivity index (χ2n) is 8.13. The summed E-state index contributed by atoms with van der Waals surface area (Å²) >= 11 is 6.15. The van der Waals surface area contributed by atoms with Gasteiger partial charge in [-0.2, -0.15) is 0 Å². The van der Waals surface area contributed by atoms with E-state index in [9.17, 15) is 4.79 Å². The van der Waals surface area contributed by atoms with Crippen LogP contribution in [0.2, 0.25) is 5.02 Å². The first-order valence-electron chi connectivity index (χ1n) is 11.0. The van der Waals surface area contributed by atoms with Crippen LogP contribution >= 0.6 is 11.6 Å². The van der Waals surface area contributed by atoms with E-state index in [1.54, 1.807) is 12.1 Å². The van der Waals surface area contributed by atoms with Gasteiger partial charge in [-0.15, -0.1) is 0 Å². The number of aromatic nitrogens is 3. The molecule has 3 aromatic rings. The van der Waals surface area contributed by atoms with Gasteiger partial charge in [0, 0.05) is 29.4 Å². The topological polar surface area (TPSA) is 51.0 Å². The molecule has 0 unspecified atom stereocenters. The molecular formula is C24H29ClN4O. The van der Waals surface area contributed by atoms with Gasteiger partial charge >= 0.3 is 0 Å². The van der Waals surface area contributed by atoms with Crippen molar-refractivity contribution >= 4 is 28.7 Å². The molecule has 2 aromatic heterocycles. The number of pyridine rings is 1. The highest BCUT2D eigenvalue weighted by molar-refractivity contribution is 6.30. The molecule has 1 aliphatic carbocycles. The average Bonchev–Trinajstić information content (AvgIpc) is 3.39. The van der Waals surface area contributed by atoms with Crippen LogP contribution in [0.4, 0.5) is 0 Å². The Hall–Kier alpha value is -2.40. The molecule has 0 spiro atoms. The summed E-state index contributed by atoms with van der Waals surface area (Å²) in [6, 6.07) is 11.6. The minimum atomic E-state index is 0.00610. The number of amides is 1. The Morgan fingerprint density at radius 1 is 1.20 bits per heavy atom. The zero-order valence-corrected chi connectivity index (χ0v) is 18.3. The highest BCUT2D eigenvalue weighted by Crippen LogP contribution is 2.33. The van der Waals surface area contributed by atoms with Crippen LogP contribution in [0, 0.1) is 0 Å². The van der Waals surface area contributed by atoms with E-state index in [1.165, 1.54) is 12.8 Å². The molecule has 0 radical (unpaired) electrons. The van der Waals surface area contributed by atoms with E-state index in [1.807, 2.05) is 35.4 Å². The van der Waals surface area contributed by atoms with E-state index >= 15 is 0 Å². The van der Waals surface area contributed by atoms with Crippen LogP contribution < -0.4 is 0 Å². The summed E-state index contributed by atoms with van der Waals surface area (Å²) in [5.41, 5.74) is 2.46. The zero-order valence-electron chi connectivity index (χ0n) is 17.6. The number of imidazole rings is 1. The second-order valence-corrected chi connectivity index (χ2v) is 8.56. The summed E-state index contributed by atoms with van der Waals surface area (Å²) in [5.74, 6) is 0.939. The van der Waals surface area contributed by atoms with Crippen LogP contribution in [0.25, 0.3) is 11.2 Å². The van der Waals surface area contributed by atoms with Gasteiger partial charge in [0.1, 0.15) is 11.3 Å². The number of rotatable bonds is 8. The molecule has 6 heteroatoms. The third-order valence-electron chi connectivity index (χ3n) is 5.93. The van der Waals surface area contributed by atoms with Gasteiger partial charge < -0.3 is 9.47 Å². The molecule has 1 amide bonds.